The van der Waals surface area contributed by atoms with E-state index in [2.05, 4.69) is 29.4 Å². The third-order valence-corrected chi connectivity index (χ3v) is 4.69. The lowest BCUT2D eigenvalue weighted by Crippen LogP contribution is -2.39. The highest BCUT2D eigenvalue weighted by Crippen LogP contribution is 2.27. The molecule has 1 heterocycles. The van der Waals surface area contributed by atoms with Crippen LogP contribution in [0.2, 0.25) is 0 Å². The van der Waals surface area contributed by atoms with Gasteiger partial charge in [0.05, 0.1) is 6.42 Å². The van der Waals surface area contributed by atoms with Crippen LogP contribution in [-0.2, 0) is 16.0 Å². The van der Waals surface area contributed by atoms with Gasteiger partial charge in [0, 0.05) is 36.7 Å². The van der Waals surface area contributed by atoms with Crippen molar-refractivity contribution in [3.63, 3.8) is 0 Å². The van der Waals surface area contributed by atoms with Gasteiger partial charge in [0.1, 0.15) is 0 Å². The summed E-state index contributed by atoms with van der Waals surface area (Å²) in [4.78, 5) is 49.6. The lowest BCUT2D eigenvalue weighted by Gasteiger charge is -2.25. The number of hydrogen-bond acceptors (Lipinski definition) is 4. The Morgan fingerprint density at radius 3 is 2.50 bits per heavy atom. The predicted molar refractivity (Wildman–Crippen MR) is 97.8 cm³/mol. The van der Waals surface area contributed by atoms with Crippen molar-refractivity contribution in [2.75, 3.05) is 13.1 Å². The van der Waals surface area contributed by atoms with Crippen molar-refractivity contribution in [3.8, 4) is 0 Å². The van der Waals surface area contributed by atoms with Gasteiger partial charge in [-0.3, -0.25) is 29.4 Å². The fraction of sp³-hybridized carbons (Fsp3) is 0.667. The summed E-state index contributed by atoms with van der Waals surface area (Å²) in [6.45, 7) is 5.66. The molecule has 2 amide bonds. The molecule has 1 aromatic heterocycles. The first-order chi connectivity index (χ1) is 12.4. The largest absolute Gasteiger partial charge is 0.353 e. The summed E-state index contributed by atoms with van der Waals surface area (Å²) in [5.41, 5.74) is -0.797. The van der Waals surface area contributed by atoms with Crippen molar-refractivity contribution in [2.24, 2.45) is 5.92 Å². The highest BCUT2D eigenvalue weighted by molar-refractivity contribution is 5.80. The molecular formula is C18H28N4O4. The molecule has 8 heteroatoms. The number of amides is 2. The number of aromatic nitrogens is 2. The summed E-state index contributed by atoms with van der Waals surface area (Å²) in [6, 6.07) is 1.06. The average Bonchev–Trinajstić information content (AvgIpc) is 3.05. The van der Waals surface area contributed by atoms with Gasteiger partial charge >= 0.3 is 0 Å². The van der Waals surface area contributed by atoms with E-state index in [1.54, 1.807) is 0 Å². The number of carbonyl (C=O) groups excluding carboxylic acids is 2. The zero-order valence-corrected chi connectivity index (χ0v) is 15.5. The first-order valence-electron chi connectivity index (χ1n) is 9.33. The van der Waals surface area contributed by atoms with Crippen molar-refractivity contribution in [3.05, 3.63) is 32.3 Å². The van der Waals surface area contributed by atoms with Crippen molar-refractivity contribution < 1.29 is 9.59 Å². The van der Waals surface area contributed by atoms with Crippen molar-refractivity contribution in [1.82, 2.24) is 20.4 Å². The van der Waals surface area contributed by atoms with Gasteiger partial charge in [-0.1, -0.05) is 13.8 Å². The molecule has 1 fully saturated rings. The number of nitrogens with one attached hydrogen (secondary N) is 3. The van der Waals surface area contributed by atoms with Crippen LogP contribution < -0.4 is 16.4 Å². The Bertz CT molecular complexity index is 733. The Labute approximate surface area is 152 Å². The number of carbonyl (C=O) groups is 2. The zero-order chi connectivity index (χ0) is 19.1. The molecule has 1 saturated carbocycles. The first kappa shape index (κ1) is 19.9. The molecule has 0 aromatic carbocycles. The van der Waals surface area contributed by atoms with E-state index in [1.807, 2.05) is 4.90 Å². The van der Waals surface area contributed by atoms with Crippen LogP contribution in [0.15, 0.2) is 15.7 Å². The Morgan fingerprint density at radius 2 is 1.85 bits per heavy atom. The van der Waals surface area contributed by atoms with Crippen molar-refractivity contribution in [1.29, 1.82) is 0 Å². The summed E-state index contributed by atoms with van der Waals surface area (Å²) >= 11 is 0. The van der Waals surface area contributed by atoms with Gasteiger partial charge in [0.2, 0.25) is 11.8 Å². The summed E-state index contributed by atoms with van der Waals surface area (Å²) in [5, 5.41) is 7.26. The fourth-order valence-electron chi connectivity index (χ4n) is 3.51. The van der Waals surface area contributed by atoms with E-state index in [4.69, 9.17) is 0 Å². The van der Waals surface area contributed by atoms with Crippen LogP contribution in [0, 0.1) is 5.92 Å². The minimum atomic E-state index is -0.478. The van der Waals surface area contributed by atoms with Gasteiger partial charge in [0.25, 0.3) is 11.1 Å². The SMILES string of the molecule is CCCN(CCC)C(=O)[C@H]1CC[C@@H](NC(=O)Cc2cc(=O)[nH][nH]c2=O)C1. The minimum Gasteiger partial charge on any atom is -0.353 e. The average molecular weight is 364 g/mol. The fourth-order valence-corrected chi connectivity index (χ4v) is 3.51. The Hall–Kier alpha value is -2.38. The minimum absolute atomic E-state index is 0.0543. The molecule has 0 bridgehead atoms. The molecule has 2 atom stereocenters. The van der Waals surface area contributed by atoms with Gasteiger partial charge in [-0.05, 0) is 32.1 Å². The van der Waals surface area contributed by atoms with Crippen LogP contribution in [0.25, 0.3) is 0 Å². The molecule has 1 aromatic rings. The summed E-state index contributed by atoms with van der Waals surface area (Å²) in [6.07, 6.45) is 3.86. The zero-order valence-electron chi connectivity index (χ0n) is 15.5. The number of hydrogen-bond donors (Lipinski definition) is 3. The number of aromatic amines is 2. The molecular weight excluding hydrogens is 336 g/mol. The Morgan fingerprint density at radius 1 is 1.15 bits per heavy atom. The van der Waals surface area contributed by atoms with Crippen LogP contribution in [0.1, 0.15) is 51.5 Å². The third-order valence-electron chi connectivity index (χ3n) is 4.69. The second-order valence-corrected chi connectivity index (χ2v) is 6.89. The molecule has 0 spiro atoms. The molecule has 0 unspecified atom stereocenters. The van der Waals surface area contributed by atoms with E-state index in [1.165, 1.54) is 0 Å². The standard InChI is InChI=1S/C18H28N4O4/c1-3-7-22(8-4-2)18(26)12-5-6-14(9-12)19-15(23)10-13-11-16(24)20-21-17(13)25/h11-12,14H,3-10H2,1-2H3,(H,19,23)(H,20,24)(H,21,25)/t12-,14+/m0/s1. The van der Waals surface area contributed by atoms with Crippen molar-refractivity contribution >= 4 is 11.8 Å². The van der Waals surface area contributed by atoms with Crippen LogP contribution in [-0.4, -0.2) is 46.0 Å². The van der Waals surface area contributed by atoms with Gasteiger partial charge in [-0.25, -0.2) is 0 Å². The quantitative estimate of drug-likeness (QED) is 0.624. The van der Waals surface area contributed by atoms with Gasteiger partial charge in [-0.2, -0.15) is 0 Å². The van der Waals surface area contributed by atoms with E-state index in [9.17, 15) is 19.2 Å². The lowest BCUT2D eigenvalue weighted by molar-refractivity contribution is -0.135. The maximum atomic E-state index is 12.7. The molecule has 2 rings (SSSR count). The van der Waals surface area contributed by atoms with E-state index in [-0.39, 0.29) is 35.8 Å². The molecule has 26 heavy (non-hydrogen) atoms. The van der Waals surface area contributed by atoms with Crippen LogP contribution >= 0.6 is 0 Å². The van der Waals surface area contributed by atoms with Gasteiger partial charge < -0.3 is 10.2 Å². The lowest BCUT2D eigenvalue weighted by atomic mass is 10.1. The maximum absolute atomic E-state index is 12.7. The molecule has 1 aliphatic carbocycles. The van der Waals surface area contributed by atoms with Crippen molar-refractivity contribution in [2.45, 2.75) is 58.4 Å². The van der Waals surface area contributed by atoms with Gasteiger partial charge in [-0.15, -0.1) is 0 Å². The summed E-state index contributed by atoms with van der Waals surface area (Å²) < 4.78 is 0. The first-order valence-corrected chi connectivity index (χ1v) is 9.33. The number of H-pyrrole nitrogens is 2. The predicted octanol–water partition coefficient (Wildman–Crippen LogP) is 0.539. The van der Waals surface area contributed by atoms with E-state index >= 15 is 0 Å². The van der Waals surface area contributed by atoms with E-state index in [0.717, 1.165) is 44.8 Å². The molecule has 0 radical (unpaired) electrons. The highest BCUT2D eigenvalue weighted by atomic mass is 16.2. The summed E-state index contributed by atoms with van der Waals surface area (Å²) in [5.74, 6) is -0.184. The normalized spacial score (nSPS) is 19.3. The number of rotatable bonds is 8. The molecule has 0 saturated heterocycles. The topological polar surface area (TPSA) is 115 Å². The molecule has 3 N–H and O–H groups in total. The van der Waals surface area contributed by atoms with Crippen LogP contribution in [0.5, 0.6) is 0 Å². The smallest absolute Gasteiger partial charge is 0.266 e. The molecule has 8 nitrogen and oxygen atoms in total. The van der Waals surface area contributed by atoms with Crippen LogP contribution in [0.4, 0.5) is 0 Å². The molecule has 0 aliphatic heterocycles. The summed E-state index contributed by atoms with van der Waals surface area (Å²) in [7, 11) is 0. The second-order valence-electron chi connectivity index (χ2n) is 6.89. The maximum Gasteiger partial charge on any atom is 0.266 e. The monoisotopic (exact) mass is 364 g/mol. The Kier molecular flexibility index (Phi) is 7.17. The third kappa shape index (κ3) is 5.31. The second kappa shape index (κ2) is 9.35. The highest BCUT2D eigenvalue weighted by Gasteiger charge is 2.33. The number of nitrogens with zero attached hydrogens (tertiary/aromatic N) is 1. The van der Waals surface area contributed by atoms with E-state index in [0.29, 0.717) is 6.42 Å². The molecule has 144 valence electrons. The molecule has 1 aliphatic rings. The Balaban J connectivity index is 1.89. The van der Waals surface area contributed by atoms with Crippen LogP contribution in [0.3, 0.4) is 0 Å². The van der Waals surface area contributed by atoms with Gasteiger partial charge in [0.15, 0.2) is 0 Å². The van der Waals surface area contributed by atoms with E-state index < -0.39 is 11.1 Å².